The highest BCUT2D eigenvalue weighted by molar-refractivity contribution is 9.10. The third-order valence-corrected chi connectivity index (χ3v) is 5.06. The summed E-state index contributed by atoms with van der Waals surface area (Å²) < 4.78 is 29.5. The topological polar surface area (TPSA) is 93.8 Å². The van der Waals surface area contributed by atoms with Crippen LogP contribution in [0, 0.1) is 6.92 Å². The van der Waals surface area contributed by atoms with Gasteiger partial charge < -0.3 is 10.6 Å². The number of carbonyl (C=O) groups excluding carboxylic acids is 2. The van der Waals surface area contributed by atoms with E-state index in [1.165, 1.54) is 41.8 Å². The van der Waals surface area contributed by atoms with Gasteiger partial charge in [0.2, 0.25) is 0 Å². The molecule has 2 N–H and O–H groups in total. The van der Waals surface area contributed by atoms with E-state index in [0.29, 0.717) is 15.2 Å². The van der Waals surface area contributed by atoms with Crippen molar-refractivity contribution in [2.45, 2.75) is 19.9 Å². The van der Waals surface area contributed by atoms with Gasteiger partial charge in [-0.15, -0.1) is 0 Å². The molecule has 0 radical (unpaired) electrons. The van der Waals surface area contributed by atoms with Gasteiger partial charge in [-0.25, -0.2) is 8.78 Å². The van der Waals surface area contributed by atoms with E-state index in [1.807, 2.05) is 0 Å². The van der Waals surface area contributed by atoms with Crippen LogP contribution >= 0.6 is 27.5 Å². The molecule has 0 aliphatic rings. The molecule has 0 bridgehead atoms. The van der Waals surface area contributed by atoms with E-state index in [-0.39, 0.29) is 34.7 Å². The van der Waals surface area contributed by atoms with Gasteiger partial charge >= 0.3 is 0 Å². The van der Waals surface area contributed by atoms with Crippen LogP contribution in [0.3, 0.4) is 0 Å². The summed E-state index contributed by atoms with van der Waals surface area (Å²) >= 11 is 9.27. The standard InChI is InChI=1S/C19H18BrClF2N6O2/c1-9-4-11(21)5-12(18(30)24-2)15(9)25-19(31)13-6-14(20)26-29(13)8-10-7-28(3)27-16(10)17(22)23/h4-7,17H,8H2,1-3H3,(H,24,30)(H,25,31). The first kappa shape index (κ1) is 22.9. The number of hydrogen-bond acceptors (Lipinski definition) is 4. The van der Waals surface area contributed by atoms with Gasteiger partial charge in [0.15, 0.2) is 0 Å². The number of amides is 2. The highest BCUT2D eigenvalue weighted by atomic mass is 79.9. The summed E-state index contributed by atoms with van der Waals surface area (Å²) in [5, 5.41) is 13.5. The normalized spacial score (nSPS) is 11.1. The van der Waals surface area contributed by atoms with E-state index in [1.54, 1.807) is 13.0 Å². The van der Waals surface area contributed by atoms with Gasteiger partial charge in [0.25, 0.3) is 18.2 Å². The van der Waals surface area contributed by atoms with E-state index in [0.717, 1.165) is 0 Å². The first-order chi connectivity index (χ1) is 14.6. The summed E-state index contributed by atoms with van der Waals surface area (Å²) in [6.45, 7) is 1.61. The fraction of sp³-hybridized carbons (Fsp3) is 0.263. The molecule has 0 spiro atoms. The monoisotopic (exact) mass is 514 g/mol. The van der Waals surface area contributed by atoms with Crippen LogP contribution in [0.2, 0.25) is 5.02 Å². The minimum atomic E-state index is -2.76. The fourth-order valence-corrected chi connectivity index (χ4v) is 3.79. The molecule has 2 amide bonds. The van der Waals surface area contributed by atoms with Crippen molar-refractivity contribution in [1.29, 1.82) is 0 Å². The molecule has 0 aliphatic heterocycles. The molecule has 2 aromatic heterocycles. The number of aryl methyl sites for hydroxylation is 2. The molecule has 2 heterocycles. The van der Waals surface area contributed by atoms with E-state index < -0.39 is 18.2 Å². The number of anilines is 1. The van der Waals surface area contributed by atoms with Crippen molar-refractivity contribution in [3.8, 4) is 0 Å². The lowest BCUT2D eigenvalue weighted by molar-refractivity contribution is 0.0964. The number of aromatic nitrogens is 4. The summed E-state index contributed by atoms with van der Waals surface area (Å²) in [4.78, 5) is 25.3. The van der Waals surface area contributed by atoms with Crippen molar-refractivity contribution in [3.63, 3.8) is 0 Å². The molecular weight excluding hydrogens is 498 g/mol. The van der Waals surface area contributed by atoms with Gasteiger partial charge in [-0.3, -0.25) is 19.0 Å². The SMILES string of the molecule is CNC(=O)c1cc(Cl)cc(C)c1NC(=O)c1cc(Br)nn1Cc1cn(C)nc1C(F)F. The smallest absolute Gasteiger partial charge is 0.282 e. The van der Waals surface area contributed by atoms with Crippen LogP contribution in [0.1, 0.15) is 44.1 Å². The van der Waals surface area contributed by atoms with Crippen LogP contribution in [0.5, 0.6) is 0 Å². The maximum absolute atomic E-state index is 13.3. The summed E-state index contributed by atoms with van der Waals surface area (Å²) in [5.74, 6) is -0.996. The first-order valence-electron chi connectivity index (χ1n) is 8.98. The summed E-state index contributed by atoms with van der Waals surface area (Å²) in [5.41, 5.74) is 1.02. The molecule has 0 aliphatic carbocycles. The number of nitrogens with one attached hydrogen (secondary N) is 2. The quantitative estimate of drug-likeness (QED) is 0.520. The Hall–Kier alpha value is -2.79. The molecule has 0 saturated heterocycles. The Kier molecular flexibility index (Phi) is 6.75. The van der Waals surface area contributed by atoms with Crippen molar-refractivity contribution in [2.75, 3.05) is 12.4 Å². The fourth-order valence-electron chi connectivity index (χ4n) is 3.11. The van der Waals surface area contributed by atoms with Crippen LogP contribution in [0.15, 0.2) is 29.0 Å². The highest BCUT2D eigenvalue weighted by Gasteiger charge is 2.23. The van der Waals surface area contributed by atoms with Crippen molar-refractivity contribution in [1.82, 2.24) is 24.9 Å². The maximum Gasteiger partial charge on any atom is 0.282 e. The lowest BCUT2D eigenvalue weighted by atomic mass is 10.1. The maximum atomic E-state index is 13.3. The summed E-state index contributed by atoms with van der Waals surface area (Å²) in [6, 6.07) is 4.51. The van der Waals surface area contributed by atoms with Crippen molar-refractivity contribution in [3.05, 3.63) is 62.1 Å². The second kappa shape index (κ2) is 9.15. The number of benzene rings is 1. The van der Waals surface area contributed by atoms with Crippen molar-refractivity contribution in [2.24, 2.45) is 7.05 Å². The van der Waals surface area contributed by atoms with Gasteiger partial charge in [-0.1, -0.05) is 11.6 Å². The summed E-state index contributed by atoms with van der Waals surface area (Å²) in [6.07, 6.45) is -1.31. The van der Waals surface area contributed by atoms with Gasteiger partial charge in [0.05, 0.1) is 17.8 Å². The molecule has 3 aromatic rings. The van der Waals surface area contributed by atoms with E-state index >= 15 is 0 Å². The minimum absolute atomic E-state index is 0.0935. The highest BCUT2D eigenvalue weighted by Crippen LogP contribution is 2.27. The Morgan fingerprint density at radius 2 is 1.94 bits per heavy atom. The molecule has 3 rings (SSSR count). The second-order valence-corrected chi connectivity index (χ2v) is 7.95. The third kappa shape index (κ3) is 4.93. The Morgan fingerprint density at radius 3 is 2.58 bits per heavy atom. The molecule has 0 fully saturated rings. The second-order valence-electron chi connectivity index (χ2n) is 6.70. The molecular formula is C19H18BrClF2N6O2. The Bertz CT molecular complexity index is 1160. The van der Waals surface area contributed by atoms with E-state index in [2.05, 4.69) is 36.8 Å². The van der Waals surface area contributed by atoms with Gasteiger partial charge in [0, 0.05) is 36.9 Å². The lowest BCUT2D eigenvalue weighted by Crippen LogP contribution is -2.24. The number of alkyl halides is 2. The molecule has 0 atom stereocenters. The minimum Gasteiger partial charge on any atom is -0.355 e. The molecule has 8 nitrogen and oxygen atoms in total. The van der Waals surface area contributed by atoms with Crippen LogP contribution in [-0.2, 0) is 13.6 Å². The number of nitrogens with zero attached hydrogens (tertiary/aromatic N) is 4. The molecule has 12 heteroatoms. The lowest BCUT2D eigenvalue weighted by Gasteiger charge is -2.14. The third-order valence-electron chi connectivity index (χ3n) is 4.46. The molecule has 1 aromatic carbocycles. The van der Waals surface area contributed by atoms with Gasteiger partial charge in [0.1, 0.15) is 16.0 Å². The number of carbonyl (C=O) groups is 2. The predicted octanol–water partition coefficient (Wildman–Crippen LogP) is 3.94. The van der Waals surface area contributed by atoms with E-state index in [9.17, 15) is 18.4 Å². The number of rotatable bonds is 6. The van der Waals surface area contributed by atoms with E-state index in [4.69, 9.17) is 11.6 Å². The van der Waals surface area contributed by atoms with Crippen molar-refractivity contribution >= 4 is 45.0 Å². The Morgan fingerprint density at radius 1 is 1.23 bits per heavy atom. The largest absolute Gasteiger partial charge is 0.355 e. The van der Waals surface area contributed by atoms with Crippen LogP contribution in [0.4, 0.5) is 14.5 Å². The van der Waals surface area contributed by atoms with Crippen LogP contribution in [-0.4, -0.2) is 38.4 Å². The van der Waals surface area contributed by atoms with Crippen LogP contribution in [0.25, 0.3) is 0 Å². The molecule has 164 valence electrons. The zero-order chi connectivity index (χ0) is 22.9. The van der Waals surface area contributed by atoms with Crippen molar-refractivity contribution < 1.29 is 18.4 Å². The van der Waals surface area contributed by atoms with Crippen LogP contribution < -0.4 is 10.6 Å². The summed E-state index contributed by atoms with van der Waals surface area (Å²) in [7, 11) is 3.00. The Labute approximate surface area is 189 Å². The van der Waals surface area contributed by atoms with Gasteiger partial charge in [-0.05, 0) is 40.5 Å². The average molecular weight is 516 g/mol. The zero-order valence-corrected chi connectivity index (χ0v) is 19.1. The molecule has 31 heavy (non-hydrogen) atoms. The molecule has 0 saturated carbocycles. The number of hydrogen-bond donors (Lipinski definition) is 2. The molecule has 0 unspecified atom stereocenters. The predicted molar refractivity (Wildman–Crippen MR) is 115 cm³/mol. The zero-order valence-electron chi connectivity index (χ0n) is 16.7. The average Bonchev–Trinajstić information content (AvgIpc) is 3.25. The van der Waals surface area contributed by atoms with Gasteiger partial charge in [-0.2, -0.15) is 10.2 Å². The first-order valence-corrected chi connectivity index (χ1v) is 10.1. The number of halogens is 4. The Balaban J connectivity index is 1.96.